The van der Waals surface area contributed by atoms with Gasteiger partial charge < -0.3 is 62.5 Å². The van der Waals surface area contributed by atoms with E-state index in [2.05, 4.69) is 21.3 Å². The van der Waals surface area contributed by atoms with Crippen LogP contribution in [0.2, 0.25) is 0 Å². The lowest BCUT2D eigenvalue weighted by molar-refractivity contribution is -0.148. The number of phenols is 1. The third-order valence-corrected chi connectivity index (χ3v) is 13.0. The molecule has 364 valence electrons. The number of carbonyl (C=O) groups excluding carboxylic acids is 8. The molecule has 4 aliphatic heterocycles. The van der Waals surface area contributed by atoms with Crippen LogP contribution in [0, 0.1) is 5.92 Å². The summed E-state index contributed by atoms with van der Waals surface area (Å²) in [4.78, 5) is 127. The number of carboxylic acid groups (broad SMARTS) is 1. The molecule has 0 aliphatic carbocycles. The van der Waals surface area contributed by atoms with Crippen molar-refractivity contribution < 1.29 is 53.4 Å². The summed E-state index contributed by atoms with van der Waals surface area (Å²) in [5, 5.41) is 30.4. The third-order valence-electron chi connectivity index (χ3n) is 13.0. The van der Waals surface area contributed by atoms with Crippen molar-refractivity contribution in [3.8, 4) is 5.75 Å². The highest BCUT2D eigenvalue weighted by molar-refractivity contribution is 5.98. The zero-order chi connectivity index (χ0) is 48.2. The molecule has 0 radical (unpaired) electrons. The number of phenolic OH excluding ortho intramolecular Hbond substituents is 1. The van der Waals surface area contributed by atoms with E-state index in [1.807, 2.05) is 0 Å². The molecule has 10 N–H and O–H groups in total. The van der Waals surface area contributed by atoms with Gasteiger partial charge in [0.2, 0.25) is 47.3 Å². The molecular formula is C45H68N10O11. The lowest BCUT2D eigenvalue weighted by Gasteiger charge is -2.34. The summed E-state index contributed by atoms with van der Waals surface area (Å²) in [5.74, 6) is -5.92. The molecule has 5 rings (SSSR count). The van der Waals surface area contributed by atoms with Gasteiger partial charge in [0.25, 0.3) is 0 Å². The summed E-state index contributed by atoms with van der Waals surface area (Å²) >= 11 is 0. The van der Waals surface area contributed by atoms with Gasteiger partial charge in [-0.1, -0.05) is 26.0 Å². The normalized spacial score (nSPS) is 22.4. The molecule has 66 heavy (non-hydrogen) atoms. The second-order valence-corrected chi connectivity index (χ2v) is 18.2. The lowest BCUT2D eigenvalue weighted by atomic mass is 9.99. The molecule has 4 fully saturated rings. The van der Waals surface area contributed by atoms with Gasteiger partial charge in [-0.2, -0.15) is 0 Å². The van der Waals surface area contributed by atoms with E-state index < -0.39 is 114 Å². The number of nitrogens with two attached hydrogens (primary N) is 2. The standard InChI is InChI=1S/C45H68N10O11/c1-26(2)37(44(64)54-22-6-11-32(54)40(60)48-25-36(57)52-20-9-14-35(52)45(65)66)51-39(59)31(24-28-15-17-29(56)18-16-28)50-41(61)33-12-7-21-53(33)43(63)34-13-8-23-55(34)42(62)30(10-4-5-19-46)49-38(58)27(3)47/h15-18,26-27,30-35,37,56H,4-14,19-25,46-47H2,1-3H3,(H,48,60)(H,49,58)(H,50,61)(H,51,59)(H,65,66)/t27-,30-,31-,32-,33-,34-,35-,37-/m0/s1. The van der Waals surface area contributed by atoms with Crippen LogP contribution in [0.5, 0.6) is 5.75 Å². The van der Waals surface area contributed by atoms with Crippen molar-refractivity contribution in [1.82, 2.24) is 40.9 Å². The van der Waals surface area contributed by atoms with Gasteiger partial charge in [0.05, 0.1) is 12.6 Å². The Hall–Kier alpha value is -5.83. The first-order valence-corrected chi connectivity index (χ1v) is 23.3. The average molecular weight is 925 g/mol. The molecule has 4 saturated heterocycles. The van der Waals surface area contributed by atoms with E-state index in [1.54, 1.807) is 26.0 Å². The van der Waals surface area contributed by atoms with Crippen LogP contribution in [0.25, 0.3) is 0 Å². The van der Waals surface area contributed by atoms with E-state index in [4.69, 9.17) is 11.5 Å². The Morgan fingerprint density at radius 1 is 0.667 bits per heavy atom. The molecule has 21 heteroatoms. The van der Waals surface area contributed by atoms with Crippen LogP contribution in [0.15, 0.2) is 24.3 Å². The quantitative estimate of drug-likeness (QED) is 0.0706. The largest absolute Gasteiger partial charge is 0.508 e. The Balaban J connectivity index is 1.28. The van der Waals surface area contributed by atoms with Crippen LogP contribution in [-0.4, -0.2) is 171 Å². The number of unbranched alkanes of at least 4 members (excludes halogenated alkanes) is 1. The SMILES string of the molecule is CC(C)[C@H](NC(=O)[C@H](Cc1ccc(O)cc1)NC(=O)[C@@H]1CCCN1C(=O)[C@@H]1CCCN1C(=O)[C@H](CCCCN)NC(=O)[C@H](C)N)C(=O)N1CCC[C@H]1C(=O)NCC(=O)N1CCC[C@H]1C(=O)O. The first kappa shape index (κ1) is 51.2. The van der Waals surface area contributed by atoms with Crippen LogP contribution in [0.1, 0.15) is 97.0 Å². The molecule has 0 saturated carbocycles. The van der Waals surface area contributed by atoms with E-state index >= 15 is 0 Å². The molecule has 8 atom stereocenters. The van der Waals surface area contributed by atoms with Gasteiger partial charge in [-0.15, -0.1) is 0 Å². The highest BCUT2D eigenvalue weighted by Gasteiger charge is 2.45. The first-order valence-electron chi connectivity index (χ1n) is 23.3. The van der Waals surface area contributed by atoms with E-state index in [0.29, 0.717) is 76.3 Å². The topological polar surface area (TPSA) is 307 Å². The number of aliphatic carboxylic acids is 1. The number of rotatable bonds is 20. The van der Waals surface area contributed by atoms with Crippen LogP contribution in [0.4, 0.5) is 0 Å². The van der Waals surface area contributed by atoms with Crippen LogP contribution in [-0.2, 0) is 49.6 Å². The molecule has 0 spiro atoms. The summed E-state index contributed by atoms with van der Waals surface area (Å²) in [5.41, 5.74) is 12.0. The van der Waals surface area contributed by atoms with E-state index in [1.165, 1.54) is 38.7 Å². The second kappa shape index (κ2) is 23.6. The highest BCUT2D eigenvalue weighted by atomic mass is 16.4. The zero-order valence-corrected chi connectivity index (χ0v) is 38.2. The van der Waals surface area contributed by atoms with Crippen LogP contribution < -0.4 is 32.7 Å². The summed E-state index contributed by atoms with van der Waals surface area (Å²) in [7, 11) is 0. The zero-order valence-electron chi connectivity index (χ0n) is 38.2. The maximum absolute atomic E-state index is 14.3. The smallest absolute Gasteiger partial charge is 0.326 e. The Morgan fingerprint density at radius 3 is 1.82 bits per heavy atom. The summed E-state index contributed by atoms with van der Waals surface area (Å²) < 4.78 is 0. The Morgan fingerprint density at radius 2 is 1.23 bits per heavy atom. The number of hydrogen-bond donors (Lipinski definition) is 8. The lowest BCUT2D eigenvalue weighted by Crippen LogP contribution is -2.60. The second-order valence-electron chi connectivity index (χ2n) is 18.2. The van der Waals surface area contributed by atoms with Crippen molar-refractivity contribution in [2.24, 2.45) is 17.4 Å². The number of carbonyl (C=O) groups is 9. The number of hydrogen-bond acceptors (Lipinski definition) is 12. The Kier molecular flexibility index (Phi) is 18.3. The minimum Gasteiger partial charge on any atom is -0.508 e. The number of aromatic hydroxyl groups is 1. The molecule has 4 aliphatic rings. The fraction of sp³-hybridized carbons (Fsp3) is 0.667. The predicted octanol–water partition coefficient (Wildman–Crippen LogP) is -1.31. The van der Waals surface area contributed by atoms with Gasteiger partial charge in [0.15, 0.2) is 0 Å². The average Bonchev–Trinajstić information content (AvgIpc) is 4.14. The minimum atomic E-state index is -1.26. The molecule has 8 amide bonds. The molecule has 1 aromatic rings. The molecular weight excluding hydrogens is 857 g/mol. The van der Waals surface area contributed by atoms with Gasteiger partial charge in [-0.3, -0.25) is 38.4 Å². The summed E-state index contributed by atoms with van der Waals surface area (Å²) in [6.07, 6.45) is 4.73. The monoisotopic (exact) mass is 925 g/mol. The third kappa shape index (κ3) is 12.7. The molecule has 21 nitrogen and oxygen atoms in total. The van der Waals surface area contributed by atoms with E-state index in [-0.39, 0.29) is 44.8 Å². The fourth-order valence-electron chi connectivity index (χ4n) is 9.33. The number of likely N-dealkylation sites (tertiary alicyclic amines) is 4. The number of carboxylic acids is 1. The van der Waals surface area contributed by atoms with E-state index in [9.17, 15) is 53.4 Å². The van der Waals surface area contributed by atoms with Crippen molar-refractivity contribution in [2.75, 3.05) is 39.3 Å². The van der Waals surface area contributed by atoms with Crippen molar-refractivity contribution >= 4 is 53.2 Å². The summed E-state index contributed by atoms with van der Waals surface area (Å²) in [6, 6.07) is -1.89. The highest BCUT2D eigenvalue weighted by Crippen LogP contribution is 2.27. The Labute approximate surface area is 385 Å². The predicted molar refractivity (Wildman–Crippen MR) is 239 cm³/mol. The molecule has 0 bridgehead atoms. The van der Waals surface area contributed by atoms with Gasteiger partial charge >= 0.3 is 5.97 Å². The van der Waals surface area contributed by atoms with Gasteiger partial charge in [0.1, 0.15) is 48.0 Å². The number of nitrogens with one attached hydrogen (secondary N) is 4. The van der Waals surface area contributed by atoms with Crippen molar-refractivity contribution in [1.29, 1.82) is 0 Å². The van der Waals surface area contributed by atoms with E-state index in [0.717, 1.165) is 0 Å². The number of benzene rings is 1. The first-order chi connectivity index (χ1) is 31.4. The van der Waals surface area contributed by atoms with Crippen LogP contribution in [0.3, 0.4) is 0 Å². The Bertz CT molecular complexity index is 1950. The van der Waals surface area contributed by atoms with Gasteiger partial charge in [-0.25, -0.2) is 4.79 Å². The van der Waals surface area contributed by atoms with Crippen molar-refractivity contribution in [2.45, 2.75) is 146 Å². The molecule has 1 aromatic carbocycles. The fourth-order valence-corrected chi connectivity index (χ4v) is 9.33. The van der Waals surface area contributed by atoms with Gasteiger partial charge in [0, 0.05) is 32.6 Å². The number of amides is 8. The van der Waals surface area contributed by atoms with Crippen molar-refractivity contribution in [3.63, 3.8) is 0 Å². The molecule has 0 unspecified atom stereocenters. The molecule has 0 aromatic heterocycles. The maximum atomic E-state index is 14.3. The minimum absolute atomic E-state index is 0.0129. The number of nitrogens with zero attached hydrogens (tertiary/aromatic N) is 4. The van der Waals surface area contributed by atoms with Gasteiger partial charge in [-0.05, 0) is 108 Å². The van der Waals surface area contributed by atoms with Crippen molar-refractivity contribution in [3.05, 3.63) is 29.8 Å². The maximum Gasteiger partial charge on any atom is 0.326 e. The summed E-state index contributed by atoms with van der Waals surface area (Å²) in [6.45, 7) is 5.91. The molecule has 4 heterocycles. The van der Waals surface area contributed by atoms with Crippen LogP contribution >= 0.6 is 0 Å².